The molecule has 0 N–H and O–H groups in total. The zero-order chi connectivity index (χ0) is 70.4. The fourth-order valence-electron chi connectivity index (χ4n) is 11.8. The maximum absolute atomic E-state index is 12.9. The van der Waals surface area contributed by atoms with Crippen LogP contribution in [0.15, 0.2) is 109 Å². The monoisotopic (exact) mass is 1370 g/mol. The number of rotatable bonds is 76. The number of likely N-dealkylation sites (N-methyl/N-ethyl adjacent to an activating group) is 1. The van der Waals surface area contributed by atoms with Crippen molar-refractivity contribution in [2.45, 2.75) is 386 Å². The van der Waals surface area contributed by atoms with E-state index < -0.39 is 26.5 Å². The van der Waals surface area contributed by atoms with E-state index in [4.69, 9.17) is 18.5 Å². The smallest absolute Gasteiger partial charge is 0.306 e. The second kappa shape index (κ2) is 76.8. The number of hydrogen-bond acceptors (Lipinski definition) is 8. The van der Waals surface area contributed by atoms with Crippen molar-refractivity contribution in [1.29, 1.82) is 0 Å². The Kier molecular flexibility index (Phi) is 74.2. The summed E-state index contributed by atoms with van der Waals surface area (Å²) >= 11 is 0. The Balaban J connectivity index is 3.98. The number of esters is 2. The zero-order valence-electron chi connectivity index (χ0n) is 64.3. The van der Waals surface area contributed by atoms with Gasteiger partial charge in [-0.25, -0.2) is 0 Å². The first-order valence-electron chi connectivity index (χ1n) is 41.1. The lowest BCUT2D eigenvalue weighted by Gasteiger charge is -2.28. The molecular weight excluding hydrogens is 1220 g/mol. The molecule has 0 aromatic carbocycles. The topological polar surface area (TPSA) is 111 Å². The summed E-state index contributed by atoms with van der Waals surface area (Å²) in [6, 6.07) is 0. The molecular formula is C87H156NO8P. The van der Waals surface area contributed by atoms with Gasteiger partial charge in [-0.2, -0.15) is 0 Å². The standard InChI is InChI=1S/C87H156NO8P/c1-6-8-10-12-14-16-18-20-22-24-26-28-30-32-34-36-38-40-42-44-46-48-50-52-54-56-58-60-62-64-66-68-70-72-74-76-78-80-87(90)96-85(84-95-97(91,92)94-82-81-88(3,4)5)83-93-86(89)79-77-75-73-71-69-67-65-63-61-59-57-55-53-51-49-47-45-43-41-39-37-35-33-31-29-27-25-23-21-19-17-15-13-11-9-7-2/h8,10,14,16,20,22,26,28,32,34,38,40,44,46,50,52,56,58,85H,6-7,9,11-13,15,17-19,21,23-25,27,29-31,33,35-37,39,41-43,45,47-49,51,53-55,57,59-84H2,1-5H3/b10-8-,16-14-,22-20-,28-26-,34-32-,40-38-,46-44-,52-50-,58-56-. The summed E-state index contributed by atoms with van der Waals surface area (Å²) in [5, 5.41) is 0. The Hall–Kier alpha value is -3.33. The number of phosphoric acid groups is 1. The van der Waals surface area contributed by atoms with Crippen molar-refractivity contribution in [3.05, 3.63) is 109 Å². The molecule has 0 heterocycles. The fourth-order valence-corrected chi connectivity index (χ4v) is 12.6. The van der Waals surface area contributed by atoms with Crippen molar-refractivity contribution in [2.24, 2.45) is 0 Å². The summed E-state index contributed by atoms with van der Waals surface area (Å²) in [4.78, 5) is 38.2. The van der Waals surface area contributed by atoms with Gasteiger partial charge in [-0.1, -0.05) is 393 Å². The molecule has 97 heavy (non-hydrogen) atoms. The Morgan fingerprint density at radius 2 is 0.588 bits per heavy atom. The van der Waals surface area contributed by atoms with E-state index in [0.717, 1.165) is 103 Å². The maximum atomic E-state index is 12.9. The fraction of sp³-hybridized carbons (Fsp3) is 0.770. The molecule has 0 bridgehead atoms. The van der Waals surface area contributed by atoms with Gasteiger partial charge in [0.15, 0.2) is 6.10 Å². The molecule has 0 radical (unpaired) electrons. The largest absolute Gasteiger partial charge is 0.756 e. The normalized spacial score (nSPS) is 13.6. The number of quaternary nitrogens is 1. The van der Waals surface area contributed by atoms with Gasteiger partial charge in [0.05, 0.1) is 27.7 Å². The summed E-state index contributed by atoms with van der Waals surface area (Å²) in [6.07, 6.45) is 109. The molecule has 9 nitrogen and oxygen atoms in total. The number of phosphoric ester groups is 1. The van der Waals surface area contributed by atoms with Crippen LogP contribution in [0.1, 0.15) is 380 Å². The van der Waals surface area contributed by atoms with Crippen molar-refractivity contribution in [3.8, 4) is 0 Å². The highest BCUT2D eigenvalue weighted by Crippen LogP contribution is 2.38. The van der Waals surface area contributed by atoms with E-state index in [-0.39, 0.29) is 32.0 Å². The number of carbonyl (C=O) groups is 2. The summed E-state index contributed by atoms with van der Waals surface area (Å²) < 4.78 is 34.4. The molecule has 0 spiro atoms. The highest BCUT2D eigenvalue weighted by atomic mass is 31.2. The second-order valence-corrected chi connectivity index (χ2v) is 30.2. The first-order valence-corrected chi connectivity index (χ1v) is 42.6. The molecule has 2 atom stereocenters. The van der Waals surface area contributed by atoms with E-state index in [1.807, 2.05) is 21.1 Å². The van der Waals surface area contributed by atoms with Crippen LogP contribution >= 0.6 is 7.82 Å². The van der Waals surface area contributed by atoms with Crippen molar-refractivity contribution in [1.82, 2.24) is 0 Å². The minimum absolute atomic E-state index is 0.0348. The lowest BCUT2D eigenvalue weighted by molar-refractivity contribution is -0.870. The average molecular weight is 1380 g/mol. The Morgan fingerprint density at radius 1 is 0.330 bits per heavy atom. The number of unbranched alkanes of at least 4 members (excludes halogenated alkanes) is 44. The molecule has 0 aromatic heterocycles. The van der Waals surface area contributed by atoms with Crippen LogP contribution in [0.2, 0.25) is 0 Å². The Bertz CT molecular complexity index is 2010. The molecule has 2 unspecified atom stereocenters. The van der Waals surface area contributed by atoms with Gasteiger partial charge in [0.1, 0.15) is 19.8 Å². The highest BCUT2D eigenvalue weighted by Gasteiger charge is 2.22. The van der Waals surface area contributed by atoms with Gasteiger partial charge in [0.2, 0.25) is 0 Å². The minimum atomic E-state index is -4.65. The molecule has 0 saturated carbocycles. The molecule has 0 saturated heterocycles. The van der Waals surface area contributed by atoms with Gasteiger partial charge >= 0.3 is 11.9 Å². The van der Waals surface area contributed by atoms with E-state index in [2.05, 4.69) is 123 Å². The van der Waals surface area contributed by atoms with E-state index >= 15 is 0 Å². The molecule has 0 aliphatic heterocycles. The SMILES string of the molecule is CC/C=C\C/C=C\C/C=C\C/C=C\C/C=C\C/C=C\C/C=C\C/C=C\C/C=C\CCCCCCCCCCCC(=O)OC(COC(=O)CCCCCCCCCCCCCCCCCCCCCCCCCCCCCCCCCCCCCC)COP(=O)([O-])OCC[N+](C)(C)C. The van der Waals surface area contributed by atoms with Gasteiger partial charge in [-0.05, 0) is 83.5 Å². The molecule has 0 amide bonds. The van der Waals surface area contributed by atoms with Crippen LogP contribution in [-0.4, -0.2) is 70.0 Å². The Labute approximate surface area is 601 Å². The van der Waals surface area contributed by atoms with Gasteiger partial charge in [-0.3, -0.25) is 14.2 Å². The van der Waals surface area contributed by atoms with Gasteiger partial charge in [-0.15, -0.1) is 0 Å². The lowest BCUT2D eigenvalue weighted by atomic mass is 10.0. The van der Waals surface area contributed by atoms with Gasteiger partial charge in [0.25, 0.3) is 7.82 Å². The molecule has 0 rings (SSSR count). The third-order valence-corrected chi connectivity index (χ3v) is 19.0. The zero-order valence-corrected chi connectivity index (χ0v) is 65.2. The number of nitrogens with zero attached hydrogens (tertiary/aromatic N) is 1. The molecule has 10 heteroatoms. The van der Waals surface area contributed by atoms with Crippen LogP contribution in [0.3, 0.4) is 0 Å². The first kappa shape index (κ1) is 93.7. The van der Waals surface area contributed by atoms with Crippen molar-refractivity contribution in [2.75, 3.05) is 47.5 Å². The third-order valence-electron chi connectivity index (χ3n) is 18.1. The number of ether oxygens (including phenoxy) is 2. The predicted octanol–water partition coefficient (Wildman–Crippen LogP) is 26.9. The van der Waals surface area contributed by atoms with Gasteiger partial charge < -0.3 is 27.9 Å². The molecule has 0 aliphatic rings. The summed E-state index contributed by atoms with van der Waals surface area (Å²) in [5.41, 5.74) is 0. The van der Waals surface area contributed by atoms with Crippen LogP contribution in [0.5, 0.6) is 0 Å². The molecule has 0 aromatic rings. The van der Waals surface area contributed by atoms with E-state index in [0.29, 0.717) is 17.4 Å². The number of carbonyl (C=O) groups excluding carboxylic acids is 2. The maximum Gasteiger partial charge on any atom is 0.306 e. The van der Waals surface area contributed by atoms with Crippen LogP contribution in [-0.2, 0) is 32.7 Å². The van der Waals surface area contributed by atoms with Crippen molar-refractivity contribution < 1.29 is 42.1 Å². The summed E-state index contributed by atoms with van der Waals surface area (Å²) in [5.74, 6) is -0.829. The molecule has 0 aliphatic carbocycles. The number of allylic oxidation sites excluding steroid dienone is 18. The van der Waals surface area contributed by atoms with Crippen LogP contribution in [0.25, 0.3) is 0 Å². The highest BCUT2D eigenvalue weighted by molar-refractivity contribution is 7.45. The van der Waals surface area contributed by atoms with Gasteiger partial charge in [0, 0.05) is 12.8 Å². The summed E-state index contributed by atoms with van der Waals surface area (Å²) in [7, 11) is 1.17. The van der Waals surface area contributed by atoms with Crippen molar-refractivity contribution in [3.63, 3.8) is 0 Å². The predicted molar refractivity (Wildman–Crippen MR) is 420 cm³/mol. The number of hydrogen-bond donors (Lipinski definition) is 0. The summed E-state index contributed by atoms with van der Waals surface area (Å²) in [6.45, 7) is 4.17. The van der Waals surface area contributed by atoms with E-state index in [9.17, 15) is 19.0 Å². The van der Waals surface area contributed by atoms with Crippen molar-refractivity contribution >= 4 is 19.8 Å². The van der Waals surface area contributed by atoms with E-state index in [1.54, 1.807) is 0 Å². The second-order valence-electron chi connectivity index (χ2n) is 28.8. The lowest BCUT2D eigenvalue weighted by Crippen LogP contribution is -2.37. The quantitative estimate of drug-likeness (QED) is 0.0195. The van der Waals surface area contributed by atoms with Crippen LogP contribution in [0.4, 0.5) is 0 Å². The molecule has 562 valence electrons. The molecule has 0 fully saturated rings. The van der Waals surface area contributed by atoms with Crippen LogP contribution < -0.4 is 4.89 Å². The van der Waals surface area contributed by atoms with E-state index in [1.165, 1.54) is 244 Å². The first-order chi connectivity index (χ1) is 47.5. The average Bonchev–Trinajstić information content (AvgIpc) is 1.41. The van der Waals surface area contributed by atoms with Crippen LogP contribution in [0, 0.1) is 0 Å². The third kappa shape index (κ3) is 81.5. The Morgan fingerprint density at radius 3 is 0.876 bits per heavy atom. The minimum Gasteiger partial charge on any atom is -0.756 e.